The number of aromatic nitrogens is 1. The quantitative estimate of drug-likeness (QED) is 0.673. The Morgan fingerprint density at radius 1 is 1.67 bits per heavy atom. The molecular weight excluding hydrogens is 159 g/mol. The van der Waals surface area contributed by atoms with E-state index in [4.69, 9.17) is 0 Å². The first kappa shape index (κ1) is 8.39. The highest BCUT2D eigenvalue weighted by atomic mass is 19.1. The average Bonchev–Trinajstić information content (AvgIpc) is 2.09. The molecule has 4 heteroatoms. The summed E-state index contributed by atoms with van der Waals surface area (Å²) in [5.74, 6) is -0.498. The minimum atomic E-state index is -0.438. The largest absolute Gasteiger partial charge is 0.307 e. The van der Waals surface area contributed by atoms with Gasteiger partial charge in [0.05, 0.1) is 6.20 Å². The van der Waals surface area contributed by atoms with Gasteiger partial charge in [0.15, 0.2) is 0 Å². The van der Waals surface area contributed by atoms with E-state index in [-0.39, 0.29) is 5.91 Å². The van der Waals surface area contributed by atoms with Crippen LogP contribution in [0.5, 0.6) is 0 Å². The summed E-state index contributed by atoms with van der Waals surface area (Å²) in [6.07, 6.45) is 2.14. The molecule has 0 unspecified atom stereocenters. The average molecular weight is 166 g/mol. The molecule has 62 valence electrons. The predicted molar refractivity (Wildman–Crippen MR) is 43.0 cm³/mol. The predicted octanol–water partition coefficient (Wildman–Crippen LogP) is 1.35. The number of hydrogen-bond acceptors (Lipinski definition) is 2. The Morgan fingerprint density at radius 3 is 2.92 bits per heavy atom. The number of hydrogen-bond donors (Lipinski definition) is 1. The molecule has 1 N–H and O–H groups in total. The van der Waals surface area contributed by atoms with Crippen LogP contribution in [0.2, 0.25) is 0 Å². The number of carbonyl (C=O) groups excluding carboxylic acids is 1. The Labute approximate surface area is 68.9 Å². The number of nitrogens with one attached hydrogen (secondary N) is 1. The third-order valence-electron chi connectivity index (χ3n) is 1.16. The van der Waals surface area contributed by atoms with Crippen LogP contribution in [-0.4, -0.2) is 10.9 Å². The molecule has 1 aromatic rings. The van der Waals surface area contributed by atoms with Crippen LogP contribution in [0.25, 0.3) is 0 Å². The second kappa shape index (κ2) is 3.61. The maximum atomic E-state index is 12.3. The van der Waals surface area contributed by atoms with E-state index >= 15 is 0 Å². The van der Waals surface area contributed by atoms with E-state index in [0.717, 1.165) is 12.3 Å². The Morgan fingerprint density at radius 2 is 2.42 bits per heavy atom. The highest BCUT2D eigenvalue weighted by Crippen LogP contribution is 2.02. The van der Waals surface area contributed by atoms with Gasteiger partial charge in [0, 0.05) is 0 Å². The van der Waals surface area contributed by atoms with Crippen LogP contribution in [0.4, 0.5) is 10.2 Å². The maximum Gasteiger partial charge on any atom is 0.248 e. The molecule has 0 aromatic carbocycles. The number of amides is 1. The van der Waals surface area contributed by atoms with Crippen LogP contribution in [0.15, 0.2) is 31.0 Å². The summed E-state index contributed by atoms with van der Waals surface area (Å²) in [5.41, 5.74) is 0. The van der Waals surface area contributed by atoms with Gasteiger partial charge in [-0.1, -0.05) is 6.58 Å². The van der Waals surface area contributed by atoms with Crippen molar-refractivity contribution < 1.29 is 9.18 Å². The number of anilines is 1. The zero-order chi connectivity index (χ0) is 8.97. The van der Waals surface area contributed by atoms with Crippen molar-refractivity contribution in [2.75, 3.05) is 5.32 Å². The molecule has 0 saturated heterocycles. The topological polar surface area (TPSA) is 42.0 Å². The van der Waals surface area contributed by atoms with E-state index in [9.17, 15) is 9.18 Å². The Bertz CT molecular complexity index is 294. The fourth-order valence-electron chi connectivity index (χ4n) is 0.627. The highest BCUT2D eigenvalue weighted by molar-refractivity contribution is 5.98. The molecular formula is C8H7FN2O. The van der Waals surface area contributed by atoms with Gasteiger partial charge in [-0.2, -0.15) is 0 Å². The SMILES string of the molecule is C=CC(=O)Nc1ccc(F)cn1. The number of rotatable bonds is 2. The fraction of sp³-hybridized carbons (Fsp3) is 0. The van der Waals surface area contributed by atoms with Crippen molar-refractivity contribution in [3.63, 3.8) is 0 Å². The first-order valence-corrected chi connectivity index (χ1v) is 3.27. The molecule has 0 saturated carbocycles. The van der Waals surface area contributed by atoms with E-state index in [1.807, 2.05) is 0 Å². The molecule has 0 radical (unpaired) electrons. The van der Waals surface area contributed by atoms with Crippen LogP contribution in [0, 0.1) is 5.82 Å². The monoisotopic (exact) mass is 166 g/mol. The van der Waals surface area contributed by atoms with Gasteiger partial charge in [0.1, 0.15) is 11.6 Å². The third kappa shape index (κ3) is 2.16. The lowest BCUT2D eigenvalue weighted by molar-refractivity contribution is -0.111. The summed E-state index contributed by atoms with van der Waals surface area (Å²) in [6.45, 7) is 3.26. The second-order valence-corrected chi connectivity index (χ2v) is 2.06. The van der Waals surface area contributed by atoms with Crippen LogP contribution in [0.1, 0.15) is 0 Å². The van der Waals surface area contributed by atoms with Crippen LogP contribution in [0.3, 0.4) is 0 Å². The number of pyridine rings is 1. The molecule has 1 heterocycles. The molecule has 3 nitrogen and oxygen atoms in total. The van der Waals surface area contributed by atoms with Gasteiger partial charge in [-0.3, -0.25) is 4.79 Å². The van der Waals surface area contributed by atoms with Crippen molar-refractivity contribution in [2.45, 2.75) is 0 Å². The van der Waals surface area contributed by atoms with Gasteiger partial charge in [-0.25, -0.2) is 9.37 Å². The highest BCUT2D eigenvalue weighted by Gasteiger charge is 1.97. The van der Waals surface area contributed by atoms with Gasteiger partial charge in [-0.05, 0) is 18.2 Å². The minimum Gasteiger partial charge on any atom is -0.307 e. The summed E-state index contributed by atoms with van der Waals surface area (Å²) >= 11 is 0. The van der Waals surface area contributed by atoms with E-state index in [0.29, 0.717) is 5.82 Å². The van der Waals surface area contributed by atoms with Crippen molar-refractivity contribution in [2.24, 2.45) is 0 Å². The van der Waals surface area contributed by atoms with E-state index in [1.54, 1.807) is 0 Å². The molecule has 1 amide bonds. The lowest BCUT2D eigenvalue weighted by atomic mass is 10.4. The normalized spacial score (nSPS) is 9.08. The molecule has 0 fully saturated rings. The first-order valence-electron chi connectivity index (χ1n) is 3.27. The second-order valence-electron chi connectivity index (χ2n) is 2.06. The van der Waals surface area contributed by atoms with Gasteiger partial charge in [0.2, 0.25) is 5.91 Å². The molecule has 0 spiro atoms. The Hall–Kier alpha value is -1.71. The summed E-state index contributed by atoms with van der Waals surface area (Å²) in [4.78, 5) is 14.3. The van der Waals surface area contributed by atoms with Crippen molar-refractivity contribution in [1.82, 2.24) is 4.98 Å². The number of nitrogens with zero attached hydrogens (tertiary/aromatic N) is 1. The van der Waals surface area contributed by atoms with E-state index in [1.165, 1.54) is 12.1 Å². The van der Waals surface area contributed by atoms with Crippen molar-refractivity contribution >= 4 is 11.7 Å². The standard InChI is InChI=1S/C8H7FN2O/c1-2-8(12)11-7-4-3-6(9)5-10-7/h2-5H,1H2,(H,10,11,12). The number of halogens is 1. The molecule has 0 atom stereocenters. The number of carbonyl (C=O) groups is 1. The molecule has 0 aliphatic carbocycles. The van der Waals surface area contributed by atoms with Crippen molar-refractivity contribution in [3.8, 4) is 0 Å². The smallest absolute Gasteiger partial charge is 0.248 e. The van der Waals surface area contributed by atoms with Crippen molar-refractivity contribution in [3.05, 3.63) is 36.8 Å². The Balaban J connectivity index is 2.71. The summed E-state index contributed by atoms with van der Waals surface area (Å²) < 4.78 is 12.3. The van der Waals surface area contributed by atoms with Crippen molar-refractivity contribution in [1.29, 1.82) is 0 Å². The summed E-state index contributed by atoms with van der Waals surface area (Å²) in [6, 6.07) is 2.59. The van der Waals surface area contributed by atoms with Gasteiger partial charge in [0.25, 0.3) is 0 Å². The van der Waals surface area contributed by atoms with Gasteiger partial charge in [-0.15, -0.1) is 0 Å². The van der Waals surface area contributed by atoms with Gasteiger partial charge < -0.3 is 5.32 Å². The zero-order valence-electron chi connectivity index (χ0n) is 6.25. The maximum absolute atomic E-state index is 12.3. The lowest BCUT2D eigenvalue weighted by Gasteiger charge is -1.98. The zero-order valence-corrected chi connectivity index (χ0v) is 6.25. The molecule has 12 heavy (non-hydrogen) atoms. The van der Waals surface area contributed by atoms with E-state index < -0.39 is 5.82 Å². The molecule has 0 aliphatic rings. The van der Waals surface area contributed by atoms with Crippen LogP contribution < -0.4 is 5.32 Å². The first-order chi connectivity index (χ1) is 5.72. The molecule has 1 aromatic heterocycles. The van der Waals surface area contributed by atoms with Crippen LogP contribution >= 0.6 is 0 Å². The lowest BCUT2D eigenvalue weighted by Crippen LogP contribution is -2.08. The molecule has 1 rings (SSSR count). The van der Waals surface area contributed by atoms with E-state index in [2.05, 4.69) is 16.9 Å². The third-order valence-corrected chi connectivity index (χ3v) is 1.16. The summed E-state index contributed by atoms with van der Waals surface area (Å²) in [7, 11) is 0. The summed E-state index contributed by atoms with van der Waals surface area (Å²) in [5, 5.41) is 2.38. The molecule has 0 aliphatic heterocycles. The Kier molecular flexibility index (Phi) is 2.53. The molecule has 0 bridgehead atoms. The van der Waals surface area contributed by atoms with Gasteiger partial charge >= 0.3 is 0 Å². The minimum absolute atomic E-state index is 0.307. The fourth-order valence-corrected chi connectivity index (χ4v) is 0.627. The van der Waals surface area contributed by atoms with Crippen LogP contribution in [-0.2, 0) is 4.79 Å².